The third-order valence-corrected chi connectivity index (χ3v) is 13.4. The number of nitrogens with zero attached hydrogens (tertiary/aromatic N) is 4. The predicted molar refractivity (Wildman–Crippen MR) is 250 cm³/mol. The summed E-state index contributed by atoms with van der Waals surface area (Å²) in [6, 6.07) is 70.3. The monoisotopic (exact) mass is 772 g/mol. The van der Waals surface area contributed by atoms with E-state index >= 15 is 0 Å². The molecule has 0 fully saturated rings. The van der Waals surface area contributed by atoms with Gasteiger partial charge in [-0.3, -0.25) is 0 Å². The van der Waals surface area contributed by atoms with Crippen LogP contribution < -0.4 is 0 Å². The number of pyridine rings is 4. The SMILES string of the molecule is c1ccc2c(c1)-c1ccc(-c3ccc4ccc5cc6ccccc6nc5c4n3)cc1C21c2ccccc2-c2ccc(-c3ccc4ccc5cc6ccccc6nc5c4n3)cc21. The van der Waals surface area contributed by atoms with Crippen molar-refractivity contribution >= 4 is 65.4 Å². The van der Waals surface area contributed by atoms with Crippen molar-refractivity contribution in [3.05, 3.63) is 216 Å². The Hall–Kier alpha value is -8.08. The van der Waals surface area contributed by atoms with Crippen molar-refractivity contribution in [2.24, 2.45) is 0 Å². The van der Waals surface area contributed by atoms with Crippen LogP contribution in [-0.4, -0.2) is 19.9 Å². The zero-order valence-electron chi connectivity index (χ0n) is 32.8. The van der Waals surface area contributed by atoms with E-state index in [0.717, 1.165) is 87.9 Å². The topological polar surface area (TPSA) is 51.6 Å². The van der Waals surface area contributed by atoms with Crippen molar-refractivity contribution < 1.29 is 0 Å². The van der Waals surface area contributed by atoms with Gasteiger partial charge in [0.25, 0.3) is 0 Å². The minimum Gasteiger partial charge on any atom is -0.245 e. The Morgan fingerprint density at radius 2 is 0.656 bits per heavy atom. The molecule has 0 saturated carbocycles. The molecular formula is C57H32N4. The molecule has 4 heteroatoms. The Morgan fingerprint density at radius 3 is 1.16 bits per heavy atom. The summed E-state index contributed by atoms with van der Waals surface area (Å²) in [6.45, 7) is 0. The van der Waals surface area contributed by atoms with Crippen LogP contribution in [0.2, 0.25) is 0 Å². The maximum Gasteiger partial charge on any atom is 0.0972 e. The average molecular weight is 773 g/mol. The van der Waals surface area contributed by atoms with Gasteiger partial charge in [-0.05, 0) is 93.0 Å². The van der Waals surface area contributed by atoms with Gasteiger partial charge < -0.3 is 0 Å². The van der Waals surface area contributed by atoms with Gasteiger partial charge in [-0.2, -0.15) is 0 Å². The van der Waals surface area contributed by atoms with Crippen molar-refractivity contribution in [1.29, 1.82) is 0 Å². The van der Waals surface area contributed by atoms with Gasteiger partial charge in [-0.15, -0.1) is 0 Å². The fraction of sp³-hybridized carbons (Fsp3) is 0.0175. The lowest BCUT2D eigenvalue weighted by Gasteiger charge is -2.31. The van der Waals surface area contributed by atoms with Gasteiger partial charge in [0.1, 0.15) is 0 Å². The quantitative estimate of drug-likeness (QED) is 0.130. The zero-order valence-corrected chi connectivity index (χ0v) is 32.8. The van der Waals surface area contributed by atoms with E-state index in [4.69, 9.17) is 19.9 Å². The Kier molecular flexibility index (Phi) is 6.46. The van der Waals surface area contributed by atoms with Crippen LogP contribution in [-0.2, 0) is 5.41 Å². The molecule has 2 aliphatic rings. The predicted octanol–water partition coefficient (Wildman–Crippen LogP) is 13.9. The molecule has 0 atom stereocenters. The third kappa shape index (κ3) is 4.48. The van der Waals surface area contributed by atoms with Crippen LogP contribution >= 0.6 is 0 Å². The minimum atomic E-state index is -0.544. The van der Waals surface area contributed by atoms with Crippen molar-refractivity contribution in [3.8, 4) is 44.8 Å². The van der Waals surface area contributed by atoms with Gasteiger partial charge in [0, 0.05) is 43.4 Å². The van der Waals surface area contributed by atoms with E-state index in [2.05, 4.69) is 182 Å². The van der Waals surface area contributed by atoms with Crippen LogP contribution in [0.5, 0.6) is 0 Å². The molecule has 4 heterocycles. The summed E-state index contributed by atoms with van der Waals surface area (Å²) in [5.74, 6) is 0. The molecule has 61 heavy (non-hydrogen) atoms. The van der Waals surface area contributed by atoms with Crippen LogP contribution in [0.1, 0.15) is 22.3 Å². The molecule has 1 spiro atoms. The summed E-state index contributed by atoms with van der Waals surface area (Å²) in [6.07, 6.45) is 0. The minimum absolute atomic E-state index is 0.544. The van der Waals surface area contributed by atoms with E-state index in [0.29, 0.717) is 0 Å². The fourth-order valence-electron chi connectivity index (χ4n) is 10.6. The number of hydrogen-bond acceptors (Lipinski definition) is 4. The van der Waals surface area contributed by atoms with Gasteiger partial charge in [0.2, 0.25) is 0 Å². The molecule has 0 bridgehead atoms. The standard InChI is InChI=1S/C57H32N4/c1-7-15-49-35(9-1)29-39-19-17-33-23-27-51(60-53(33)55(39)58-49)37-21-25-43-41-11-3-5-13-45(41)57(47(43)31-37)46-14-6-4-12-42(46)44-26-22-38(32-48(44)57)52-28-24-34-18-20-40-30-36-10-2-8-16-50(36)59-56(40)54(34)61-52/h1-32H. The van der Waals surface area contributed by atoms with E-state index in [1.807, 2.05) is 12.1 Å². The highest BCUT2D eigenvalue weighted by atomic mass is 14.8. The van der Waals surface area contributed by atoms with Gasteiger partial charge in [-0.1, -0.05) is 146 Å². The molecule has 0 radical (unpaired) electrons. The van der Waals surface area contributed by atoms with Gasteiger partial charge >= 0.3 is 0 Å². The second-order valence-corrected chi connectivity index (χ2v) is 16.5. The molecule has 0 unspecified atom stereocenters. The molecule has 14 rings (SSSR count). The molecule has 12 aromatic rings. The van der Waals surface area contributed by atoms with Crippen molar-refractivity contribution in [2.75, 3.05) is 0 Å². The van der Waals surface area contributed by atoms with Crippen molar-refractivity contribution in [1.82, 2.24) is 19.9 Å². The number of para-hydroxylation sites is 2. The molecule has 0 saturated heterocycles. The Labute approximate surface area is 350 Å². The summed E-state index contributed by atoms with van der Waals surface area (Å²) in [7, 11) is 0. The lowest BCUT2D eigenvalue weighted by Crippen LogP contribution is -2.26. The van der Waals surface area contributed by atoms with Crippen LogP contribution in [0.15, 0.2) is 194 Å². The first kappa shape index (κ1) is 32.8. The van der Waals surface area contributed by atoms with E-state index in [1.165, 1.54) is 44.5 Å². The maximum atomic E-state index is 5.40. The summed E-state index contributed by atoms with van der Waals surface area (Å²) in [5, 5.41) is 6.60. The second kappa shape index (κ2) is 12.0. The fourth-order valence-corrected chi connectivity index (χ4v) is 10.6. The van der Waals surface area contributed by atoms with Crippen LogP contribution in [0, 0.1) is 0 Å². The highest BCUT2D eigenvalue weighted by molar-refractivity contribution is 6.08. The van der Waals surface area contributed by atoms with Gasteiger partial charge in [0.15, 0.2) is 0 Å². The lowest BCUT2D eigenvalue weighted by atomic mass is 9.70. The Balaban J connectivity index is 0.987. The summed E-state index contributed by atoms with van der Waals surface area (Å²) in [4.78, 5) is 21.1. The molecule has 0 N–H and O–H groups in total. The zero-order chi connectivity index (χ0) is 39.8. The first-order chi connectivity index (χ1) is 30.2. The molecule has 4 nitrogen and oxygen atoms in total. The normalized spacial score (nSPS) is 13.4. The Morgan fingerprint density at radius 1 is 0.262 bits per heavy atom. The molecule has 4 aromatic heterocycles. The number of aromatic nitrogens is 4. The van der Waals surface area contributed by atoms with Crippen LogP contribution in [0.25, 0.3) is 110 Å². The number of rotatable bonds is 2. The molecule has 2 aliphatic carbocycles. The Bertz CT molecular complexity index is 3650. The van der Waals surface area contributed by atoms with Crippen molar-refractivity contribution in [3.63, 3.8) is 0 Å². The maximum absolute atomic E-state index is 5.40. The highest BCUT2D eigenvalue weighted by Crippen LogP contribution is 2.63. The number of hydrogen-bond donors (Lipinski definition) is 0. The summed E-state index contributed by atoms with van der Waals surface area (Å²) < 4.78 is 0. The van der Waals surface area contributed by atoms with E-state index in [1.54, 1.807) is 0 Å². The van der Waals surface area contributed by atoms with E-state index in [9.17, 15) is 0 Å². The molecule has 0 amide bonds. The third-order valence-electron chi connectivity index (χ3n) is 13.4. The summed E-state index contributed by atoms with van der Waals surface area (Å²) >= 11 is 0. The summed E-state index contributed by atoms with van der Waals surface area (Å²) in [5.41, 5.74) is 19.3. The van der Waals surface area contributed by atoms with Crippen molar-refractivity contribution in [2.45, 2.75) is 5.41 Å². The molecular weight excluding hydrogens is 741 g/mol. The first-order valence-corrected chi connectivity index (χ1v) is 20.9. The first-order valence-electron chi connectivity index (χ1n) is 20.9. The van der Waals surface area contributed by atoms with E-state index < -0.39 is 5.41 Å². The molecule has 0 aliphatic heterocycles. The largest absolute Gasteiger partial charge is 0.245 e. The highest BCUT2D eigenvalue weighted by Gasteiger charge is 2.51. The lowest BCUT2D eigenvalue weighted by molar-refractivity contribution is 0.794. The van der Waals surface area contributed by atoms with Gasteiger partial charge in [-0.25, -0.2) is 19.9 Å². The van der Waals surface area contributed by atoms with Crippen LogP contribution in [0.4, 0.5) is 0 Å². The smallest absolute Gasteiger partial charge is 0.0972 e. The average Bonchev–Trinajstić information content (AvgIpc) is 3.79. The van der Waals surface area contributed by atoms with Crippen LogP contribution in [0.3, 0.4) is 0 Å². The van der Waals surface area contributed by atoms with E-state index in [-0.39, 0.29) is 0 Å². The number of fused-ring (bicyclic) bond motifs is 18. The second-order valence-electron chi connectivity index (χ2n) is 16.5. The molecule has 8 aromatic carbocycles. The molecule has 280 valence electrons. The number of benzene rings is 8. The van der Waals surface area contributed by atoms with Gasteiger partial charge in [0.05, 0.1) is 49.9 Å².